The average molecular weight is 324 g/mol. The van der Waals surface area contributed by atoms with Crippen LogP contribution in [-0.4, -0.2) is 19.9 Å². The van der Waals surface area contributed by atoms with Crippen molar-refractivity contribution in [1.82, 2.24) is 5.43 Å². The average Bonchev–Trinajstić information content (AvgIpc) is 2.43. The monoisotopic (exact) mass is 324 g/mol. The van der Waals surface area contributed by atoms with E-state index in [0.717, 1.165) is 6.07 Å². The lowest BCUT2D eigenvalue weighted by Crippen LogP contribution is -2.30. The predicted molar refractivity (Wildman–Crippen MR) is 75.1 cm³/mol. The van der Waals surface area contributed by atoms with E-state index in [1.807, 2.05) is 0 Å². The van der Waals surface area contributed by atoms with Crippen LogP contribution in [0.1, 0.15) is 36.9 Å². The Morgan fingerprint density at radius 2 is 1.90 bits per heavy atom. The smallest absolute Gasteiger partial charge is 0.271 e. The van der Waals surface area contributed by atoms with Crippen LogP contribution in [0.4, 0.5) is 13.2 Å². The molecule has 0 amide bonds. The molecule has 0 aliphatic rings. The Labute approximate surface area is 122 Å². The highest BCUT2D eigenvalue weighted by Crippen LogP contribution is 2.35. The fraction of sp³-hybridized carbons (Fsp3) is 0.538. The van der Waals surface area contributed by atoms with Crippen LogP contribution in [0.5, 0.6) is 0 Å². The molecule has 0 aliphatic carbocycles. The van der Waals surface area contributed by atoms with Crippen LogP contribution >= 0.6 is 0 Å². The lowest BCUT2D eigenvalue weighted by molar-refractivity contribution is -0.138. The van der Waals surface area contributed by atoms with Crippen LogP contribution in [0.2, 0.25) is 0 Å². The highest BCUT2D eigenvalue weighted by Gasteiger charge is 2.34. The third kappa shape index (κ3) is 5.29. The van der Waals surface area contributed by atoms with Gasteiger partial charge in [0.15, 0.2) is 0 Å². The molecule has 4 nitrogen and oxygen atoms in total. The molecule has 0 heterocycles. The van der Waals surface area contributed by atoms with Crippen LogP contribution in [0.15, 0.2) is 24.3 Å². The molecular formula is C13H19F3N2O2S. The van der Waals surface area contributed by atoms with Crippen molar-refractivity contribution in [2.24, 2.45) is 5.84 Å². The molecule has 1 rings (SSSR count). The van der Waals surface area contributed by atoms with E-state index in [4.69, 9.17) is 5.84 Å². The van der Waals surface area contributed by atoms with Gasteiger partial charge in [0, 0.05) is 11.8 Å². The zero-order valence-electron chi connectivity index (χ0n) is 11.7. The largest absolute Gasteiger partial charge is 0.416 e. The van der Waals surface area contributed by atoms with Gasteiger partial charge < -0.3 is 0 Å². The summed E-state index contributed by atoms with van der Waals surface area (Å²) >= 11 is 0. The van der Waals surface area contributed by atoms with Gasteiger partial charge in [-0.3, -0.25) is 11.3 Å². The first-order valence-corrected chi connectivity index (χ1v) is 8.36. The molecule has 3 N–H and O–H groups in total. The lowest BCUT2D eigenvalue weighted by atomic mass is 9.97. The molecule has 0 radical (unpaired) electrons. The minimum Gasteiger partial charge on any atom is -0.271 e. The van der Waals surface area contributed by atoms with Crippen molar-refractivity contribution in [2.45, 2.75) is 32.0 Å². The van der Waals surface area contributed by atoms with Crippen LogP contribution in [0.25, 0.3) is 0 Å². The molecule has 21 heavy (non-hydrogen) atoms. The van der Waals surface area contributed by atoms with E-state index in [1.165, 1.54) is 25.1 Å². The molecule has 0 fully saturated rings. The molecule has 0 saturated heterocycles. The van der Waals surface area contributed by atoms with Crippen LogP contribution in [-0.2, 0) is 16.0 Å². The van der Waals surface area contributed by atoms with Crippen LogP contribution in [0.3, 0.4) is 0 Å². The summed E-state index contributed by atoms with van der Waals surface area (Å²) in [4.78, 5) is 0. The molecule has 1 aromatic rings. The summed E-state index contributed by atoms with van der Waals surface area (Å²) in [5.74, 6) is 5.29. The van der Waals surface area contributed by atoms with Crippen LogP contribution < -0.4 is 11.3 Å². The first-order chi connectivity index (χ1) is 9.71. The zero-order chi connectivity index (χ0) is 16.1. The van der Waals surface area contributed by atoms with Crippen molar-refractivity contribution in [3.05, 3.63) is 35.4 Å². The lowest BCUT2D eigenvalue weighted by Gasteiger charge is -2.21. The highest BCUT2D eigenvalue weighted by molar-refractivity contribution is 7.91. The second-order valence-corrected chi connectivity index (χ2v) is 7.16. The van der Waals surface area contributed by atoms with E-state index in [1.54, 1.807) is 0 Å². The molecule has 1 atom stereocenters. The number of hydrogen-bond donors (Lipinski definition) is 2. The second-order valence-electron chi connectivity index (χ2n) is 4.68. The Balaban J connectivity index is 2.87. The van der Waals surface area contributed by atoms with E-state index in [0.29, 0.717) is 0 Å². The summed E-state index contributed by atoms with van der Waals surface area (Å²) in [6.07, 6.45) is -4.01. The third-order valence-corrected chi connectivity index (χ3v) is 5.02. The Morgan fingerprint density at radius 3 is 2.43 bits per heavy atom. The van der Waals surface area contributed by atoms with Gasteiger partial charge in [-0.05, 0) is 24.5 Å². The standard InChI is InChI=1S/C13H19F3N2O2S/c1-2-21(19,20)9-5-8-12(18-17)10-6-3-4-7-11(10)13(14,15)16/h3-4,6-7,12,18H,2,5,8-9,17H2,1H3. The maximum atomic E-state index is 12.9. The zero-order valence-corrected chi connectivity index (χ0v) is 12.5. The Hall–Kier alpha value is -1.12. The van der Waals surface area contributed by atoms with E-state index in [-0.39, 0.29) is 29.9 Å². The number of sulfone groups is 1. The fourth-order valence-electron chi connectivity index (χ4n) is 2.04. The molecular weight excluding hydrogens is 305 g/mol. The van der Waals surface area contributed by atoms with Gasteiger partial charge in [-0.2, -0.15) is 13.2 Å². The molecule has 0 aromatic heterocycles. The third-order valence-electron chi connectivity index (χ3n) is 3.23. The Morgan fingerprint density at radius 1 is 1.29 bits per heavy atom. The fourth-order valence-corrected chi connectivity index (χ4v) is 2.93. The number of rotatable bonds is 7. The normalized spacial score (nSPS) is 14.1. The molecule has 120 valence electrons. The number of benzene rings is 1. The molecule has 1 aromatic carbocycles. The van der Waals surface area contributed by atoms with Crippen molar-refractivity contribution in [3.63, 3.8) is 0 Å². The second kappa shape index (κ2) is 7.24. The minimum atomic E-state index is -4.47. The first-order valence-electron chi connectivity index (χ1n) is 6.54. The van der Waals surface area contributed by atoms with Gasteiger partial charge in [-0.25, -0.2) is 8.42 Å². The number of alkyl halides is 3. The summed E-state index contributed by atoms with van der Waals surface area (Å²) in [5, 5.41) is 0. The molecule has 8 heteroatoms. The van der Waals surface area contributed by atoms with Crippen molar-refractivity contribution >= 4 is 9.84 Å². The number of halogens is 3. The van der Waals surface area contributed by atoms with Gasteiger partial charge in [0.1, 0.15) is 9.84 Å². The molecule has 0 saturated carbocycles. The van der Waals surface area contributed by atoms with Crippen LogP contribution in [0, 0.1) is 0 Å². The highest BCUT2D eigenvalue weighted by atomic mass is 32.2. The van der Waals surface area contributed by atoms with Crippen molar-refractivity contribution < 1.29 is 21.6 Å². The predicted octanol–water partition coefficient (Wildman–Crippen LogP) is 2.42. The van der Waals surface area contributed by atoms with Gasteiger partial charge in [-0.1, -0.05) is 25.1 Å². The van der Waals surface area contributed by atoms with E-state index < -0.39 is 27.6 Å². The SMILES string of the molecule is CCS(=O)(=O)CCCC(NN)c1ccccc1C(F)(F)F. The molecule has 0 aliphatic heterocycles. The maximum Gasteiger partial charge on any atom is 0.416 e. The summed E-state index contributed by atoms with van der Waals surface area (Å²) in [7, 11) is -3.13. The van der Waals surface area contributed by atoms with E-state index >= 15 is 0 Å². The van der Waals surface area contributed by atoms with Crippen molar-refractivity contribution in [1.29, 1.82) is 0 Å². The summed E-state index contributed by atoms with van der Waals surface area (Å²) in [6, 6.07) is 4.40. The van der Waals surface area contributed by atoms with E-state index in [9.17, 15) is 21.6 Å². The van der Waals surface area contributed by atoms with E-state index in [2.05, 4.69) is 5.43 Å². The molecule has 1 unspecified atom stereocenters. The minimum absolute atomic E-state index is 0.0207. The quantitative estimate of drug-likeness (QED) is 0.597. The van der Waals surface area contributed by atoms with Crippen molar-refractivity contribution in [2.75, 3.05) is 11.5 Å². The van der Waals surface area contributed by atoms with Gasteiger partial charge in [0.2, 0.25) is 0 Å². The summed E-state index contributed by atoms with van der Waals surface area (Å²) < 4.78 is 61.6. The Bertz CT molecular complexity index is 559. The number of nitrogens with two attached hydrogens (primary N) is 1. The van der Waals surface area contributed by atoms with Gasteiger partial charge >= 0.3 is 6.18 Å². The first kappa shape index (κ1) is 17.9. The molecule has 0 bridgehead atoms. The number of hydrogen-bond acceptors (Lipinski definition) is 4. The van der Waals surface area contributed by atoms with Gasteiger partial charge in [0.05, 0.1) is 11.3 Å². The number of hydrazine groups is 1. The Kier molecular flexibility index (Phi) is 6.18. The number of nitrogens with one attached hydrogen (secondary N) is 1. The topological polar surface area (TPSA) is 72.2 Å². The summed E-state index contributed by atoms with van der Waals surface area (Å²) in [6.45, 7) is 1.53. The van der Waals surface area contributed by atoms with Gasteiger partial charge in [-0.15, -0.1) is 0 Å². The molecule has 0 spiro atoms. The van der Waals surface area contributed by atoms with Gasteiger partial charge in [0.25, 0.3) is 0 Å². The maximum absolute atomic E-state index is 12.9. The van der Waals surface area contributed by atoms with Crippen molar-refractivity contribution in [3.8, 4) is 0 Å². The summed E-state index contributed by atoms with van der Waals surface area (Å²) in [5.41, 5.74) is 1.61.